The van der Waals surface area contributed by atoms with Gasteiger partial charge in [0.15, 0.2) is 0 Å². The van der Waals surface area contributed by atoms with Crippen LogP contribution in [0.4, 0.5) is 0 Å². The third-order valence-corrected chi connectivity index (χ3v) is 3.98. The molecule has 0 spiro atoms. The molecule has 18 heavy (non-hydrogen) atoms. The summed E-state index contributed by atoms with van der Waals surface area (Å²) in [5.41, 5.74) is 0. The van der Waals surface area contributed by atoms with E-state index in [9.17, 15) is 9.59 Å². The first-order valence-electron chi connectivity index (χ1n) is 6.89. The Morgan fingerprint density at radius 2 is 2.06 bits per heavy atom. The van der Waals surface area contributed by atoms with Gasteiger partial charge in [-0.2, -0.15) is 0 Å². The van der Waals surface area contributed by atoms with Crippen LogP contribution in [-0.2, 0) is 9.59 Å². The third kappa shape index (κ3) is 3.45. The predicted molar refractivity (Wildman–Crippen MR) is 69.0 cm³/mol. The van der Waals surface area contributed by atoms with Gasteiger partial charge in [0.1, 0.15) is 0 Å². The number of hydrogen-bond donors (Lipinski definition) is 2. The first-order chi connectivity index (χ1) is 8.66. The van der Waals surface area contributed by atoms with Crippen molar-refractivity contribution in [1.29, 1.82) is 0 Å². The molecular formula is C13H23N3O2. The van der Waals surface area contributed by atoms with Crippen LogP contribution in [0.25, 0.3) is 0 Å². The standard InChI is InChI=1S/C13H23N3O2/c1-16(9-10-4-6-14-7-5-10)13(18)11-2-3-12(17)15-8-11/h10-11,14H,2-9H2,1H3,(H,15,17). The molecule has 2 aliphatic heterocycles. The molecule has 2 rings (SSSR count). The second-order valence-electron chi connectivity index (χ2n) is 5.45. The molecule has 1 unspecified atom stereocenters. The Bertz CT molecular complexity index is 303. The minimum Gasteiger partial charge on any atom is -0.355 e. The van der Waals surface area contributed by atoms with Crippen molar-refractivity contribution in [2.24, 2.45) is 11.8 Å². The molecule has 0 saturated carbocycles. The Hall–Kier alpha value is -1.10. The van der Waals surface area contributed by atoms with Crippen LogP contribution in [0.3, 0.4) is 0 Å². The Balaban J connectivity index is 1.78. The molecule has 0 aliphatic carbocycles. The van der Waals surface area contributed by atoms with Gasteiger partial charge in [-0.1, -0.05) is 0 Å². The van der Waals surface area contributed by atoms with Crippen LogP contribution in [0.1, 0.15) is 25.7 Å². The average molecular weight is 253 g/mol. The molecule has 102 valence electrons. The zero-order valence-corrected chi connectivity index (χ0v) is 11.1. The number of nitrogens with one attached hydrogen (secondary N) is 2. The summed E-state index contributed by atoms with van der Waals surface area (Å²) in [4.78, 5) is 25.2. The largest absolute Gasteiger partial charge is 0.355 e. The summed E-state index contributed by atoms with van der Waals surface area (Å²) in [6.07, 6.45) is 3.48. The first kappa shape index (κ1) is 13.3. The van der Waals surface area contributed by atoms with E-state index in [0.29, 0.717) is 25.3 Å². The van der Waals surface area contributed by atoms with E-state index in [0.717, 1.165) is 32.5 Å². The molecule has 2 aliphatic rings. The minimum absolute atomic E-state index is 0.0191. The summed E-state index contributed by atoms with van der Waals surface area (Å²) < 4.78 is 0. The molecule has 1 atom stereocenters. The van der Waals surface area contributed by atoms with Crippen LogP contribution < -0.4 is 10.6 Å². The number of piperidine rings is 2. The van der Waals surface area contributed by atoms with Gasteiger partial charge in [0, 0.05) is 26.6 Å². The fourth-order valence-electron chi connectivity index (χ4n) is 2.80. The highest BCUT2D eigenvalue weighted by Gasteiger charge is 2.28. The van der Waals surface area contributed by atoms with E-state index < -0.39 is 0 Å². The topological polar surface area (TPSA) is 61.4 Å². The Morgan fingerprint density at radius 3 is 2.67 bits per heavy atom. The van der Waals surface area contributed by atoms with Gasteiger partial charge in [0.25, 0.3) is 0 Å². The number of hydrogen-bond acceptors (Lipinski definition) is 3. The van der Waals surface area contributed by atoms with Crippen LogP contribution in [-0.4, -0.2) is 49.9 Å². The minimum atomic E-state index is -0.0191. The molecule has 0 aromatic rings. The number of nitrogens with zero attached hydrogens (tertiary/aromatic N) is 1. The maximum absolute atomic E-state index is 12.2. The quantitative estimate of drug-likeness (QED) is 0.742. The summed E-state index contributed by atoms with van der Waals surface area (Å²) >= 11 is 0. The molecule has 2 N–H and O–H groups in total. The smallest absolute Gasteiger partial charge is 0.227 e. The molecule has 2 saturated heterocycles. The van der Waals surface area contributed by atoms with Gasteiger partial charge >= 0.3 is 0 Å². The lowest BCUT2D eigenvalue weighted by Gasteiger charge is -2.31. The summed E-state index contributed by atoms with van der Waals surface area (Å²) in [5.74, 6) is 0.862. The van der Waals surface area contributed by atoms with Gasteiger partial charge in [0.2, 0.25) is 11.8 Å². The fraction of sp³-hybridized carbons (Fsp3) is 0.846. The number of carbonyl (C=O) groups excluding carboxylic acids is 2. The van der Waals surface area contributed by atoms with Crippen LogP contribution in [0, 0.1) is 11.8 Å². The highest BCUT2D eigenvalue weighted by molar-refractivity contribution is 5.83. The van der Waals surface area contributed by atoms with Crippen LogP contribution >= 0.6 is 0 Å². The van der Waals surface area contributed by atoms with Gasteiger partial charge in [0.05, 0.1) is 5.92 Å². The normalized spacial score (nSPS) is 25.6. The molecule has 2 amide bonds. The number of amides is 2. The fourth-order valence-corrected chi connectivity index (χ4v) is 2.80. The van der Waals surface area contributed by atoms with E-state index in [-0.39, 0.29) is 17.7 Å². The van der Waals surface area contributed by atoms with Crippen molar-refractivity contribution in [2.75, 3.05) is 33.2 Å². The average Bonchev–Trinajstić information content (AvgIpc) is 2.40. The number of rotatable bonds is 3. The van der Waals surface area contributed by atoms with Gasteiger partial charge in [-0.3, -0.25) is 9.59 Å². The third-order valence-electron chi connectivity index (χ3n) is 3.98. The Morgan fingerprint density at radius 1 is 1.33 bits per heavy atom. The van der Waals surface area contributed by atoms with Gasteiger partial charge in [-0.25, -0.2) is 0 Å². The summed E-state index contributed by atoms with van der Waals surface area (Å²) in [6.45, 7) is 3.48. The lowest BCUT2D eigenvalue weighted by molar-refractivity contribution is -0.136. The van der Waals surface area contributed by atoms with Crippen molar-refractivity contribution < 1.29 is 9.59 Å². The monoisotopic (exact) mass is 253 g/mol. The number of carbonyl (C=O) groups is 2. The van der Waals surface area contributed by atoms with Crippen molar-refractivity contribution in [3.8, 4) is 0 Å². The second-order valence-corrected chi connectivity index (χ2v) is 5.45. The Labute approximate surface area is 108 Å². The van der Waals surface area contributed by atoms with E-state index in [1.807, 2.05) is 11.9 Å². The lowest BCUT2D eigenvalue weighted by Crippen LogP contribution is -2.45. The van der Waals surface area contributed by atoms with Crippen LogP contribution in [0.2, 0.25) is 0 Å². The molecule has 0 aromatic carbocycles. The summed E-state index contributed by atoms with van der Waals surface area (Å²) in [7, 11) is 1.89. The van der Waals surface area contributed by atoms with Gasteiger partial charge < -0.3 is 15.5 Å². The van der Waals surface area contributed by atoms with E-state index in [2.05, 4.69) is 10.6 Å². The van der Waals surface area contributed by atoms with Crippen molar-refractivity contribution >= 4 is 11.8 Å². The lowest BCUT2D eigenvalue weighted by atomic mass is 9.95. The summed E-state index contributed by atoms with van der Waals surface area (Å²) in [6, 6.07) is 0. The Kier molecular flexibility index (Phi) is 4.58. The van der Waals surface area contributed by atoms with Crippen molar-refractivity contribution in [2.45, 2.75) is 25.7 Å². The van der Waals surface area contributed by atoms with Crippen molar-refractivity contribution in [3.63, 3.8) is 0 Å². The highest BCUT2D eigenvalue weighted by atomic mass is 16.2. The first-order valence-corrected chi connectivity index (χ1v) is 6.89. The van der Waals surface area contributed by atoms with Crippen LogP contribution in [0.5, 0.6) is 0 Å². The zero-order valence-electron chi connectivity index (χ0n) is 11.1. The maximum atomic E-state index is 12.2. The van der Waals surface area contributed by atoms with E-state index in [1.54, 1.807) is 0 Å². The predicted octanol–water partition coefficient (Wildman–Crippen LogP) is -0.0294. The van der Waals surface area contributed by atoms with Crippen molar-refractivity contribution in [1.82, 2.24) is 15.5 Å². The van der Waals surface area contributed by atoms with E-state index in [1.165, 1.54) is 0 Å². The van der Waals surface area contributed by atoms with Gasteiger partial charge in [-0.15, -0.1) is 0 Å². The second kappa shape index (κ2) is 6.18. The van der Waals surface area contributed by atoms with Crippen LogP contribution in [0.15, 0.2) is 0 Å². The summed E-state index contributed by atoms with van der Waals surface area (Å²) in [5, 5.41) is 6.11. The van der Waals surface area contributed by atoms with E-state index >= 15 is 0 Å². The SMILES string of the molecule is CN(CC1CCNCC1)C(=O)C1CCC(=O)NC1. The van der Waals surface area contributed by atoms with Gasteiger partial charge in [-0.05, 0) is 38.3 Å². The molecule has 5 nitrogen and oxygen atoms in total. The zero-order chi connectivity index (χ0) is 13.0. The van der Waals surface area contributed by atoms with E-state index in [4.69, 9.17) is 0 Å². The molecule has 5 heteroatoms. The maximum Gasteiger partial charge on any atom is 0.227 e. The molecule has 0 aromatic heterocycles. The molecule has 2 fully saturated rings. The molecule has 0 radical (unpaired) electrons. The highest BCUT2D eigenvalue weighted by Crippen LogP contribution is 2.17. The van der Waals surface area contributed by atoms with Crippen molar-refractivity contribution in [3.05, 3.63) is 0 Å². The molecule has 2 heterocycles. The molecular weight excluding hydrogens is 230 g/mol. The molecule has 0 bridgehead atoms.